The molecule has 0 amide bonds. The zero-order valence-corrected chi connectivity index (χ0v) is 19.5. The van der Waals surface area contributed by atoms with Crippen LogP contribution in [0, 0.1) is 23.0 Å². The van der Waals surface area contributed by atoms with Gasteiger partial charge >= 0.3 is 5.97 Å². The quantitative estimate of drug-likeness (QED) is 0.385. The maximum atomic E-state index is 14.9. The van der Waals surface area contributed by atoms with E-state index in [1.807, 2.05) is 0 Å². The predicted molar refractivity (Wildman–Crippen MR) is 122 cm³/mol. The zero-order valence-electron chi connectivity index (χ0n) is 18.6. The summed E-state index contributed by atoms with van der Waals surface area (Å²) in [6.07, 6.45) is 1.12. The van der Waals surface area contributed by atoms with E-state index < -0.39 is 29.1 Å². The van der Waals surface area contributed by atoms with Crippen LogP contribution in [-0.2, 0) is 16.9 Å². The molecule has 178 valence electrons. The minimum atomic E-state index is -1.99. The monoisotopic (exact) mass is 495 g/mol. The van der Waals surface area contributed by atoms with Gasteiger partial charge in [-0.05, 0) is 18.2 Å². The number of carbonyl (C=O) groups excluding carboxylic acids is 1. The van der Waals surface area contributed by atoms with E-state index in [2.05, 4.69) is 21.1 Å². The van der Waals surface area contributed by atoms with Gasteiger partial charge in [-0.1, -0.05) is 25.1 Å². The van der Waals surface area contributed by atoms with E-state index in [-0.39, 0.29) is 17.9 Å². The Kier molecular flexibility index (Phi) is 6.68. The van der Waals surface area contributed by atoms with Crippen molar-refractivity contribution in [3.63, 3.8) is 0 Å². The molecule has 2 atom stereocenters. The van der Waals surface area contributed by atoms with E-state index in [0.29, 0.717) is 22.3 Å². The summed E-state index contributed by atoms with van der Waals surface area (Å²) < 4.78 is 34.4. The van der Waals surface area contributed by atoms with Crippen LogP contribution in [0.5, 0.6) is 0 Å². The zero-order chi connectivity index (χ0) is 25.2. The van der Waals surface area contributed by atoms with Gasteiger partial charge in [-0.15, -0.1) is 11.3 Å². The molecule has 0 saturated carbocycles. The number of esters is 1. The molecule has 2 aromatic carbocycles. The number of aliphatic hydroxyl groups is 1. The van der Waals surface area contributed by atoms with E-state index in [0.717, 1.165) is 28.7 Å². The number of aromatic nitrogens is 4. The van der Waals surface area contributed by atoms with Gasteiger partial charge < -0.3 is 9.84 Å². The number of halogens is 2. The molecule has 2 aromatic heterocycles. The summed E-state index contributed by atoms with van der Waals surface area (Å²) >= 11 is 1.25. The highest BCUT2D eigenvalue weighted by Gasteiger charge is 2.42. The SMILES string of the molecule is COC(=O)c1ncnn1C[C@](O)(c1ccc(F)cc1F)[C@@H](C)c1nc(-c2ccc(C#N)cc2)cs1. The second-order valence-electron chi connectivity index (χ2n) is 7.76. The fourth-order valence-corrected chi connectivity index (χ4v) is 4.66. The van der Waals surface area contributed by atoms with Crippen molar-refractivity contribution < 1.29 is 23.4 Å². The van der Waals surface area contributed by atoms with Crippen molar-refractivity contribution in [2.75, 3.05) is 7.11 Å². The van der Waals surface area contributed by atoms with Crippen molar-refractivity contribution >= 4 is 17.3 Å². The van der Waals surface area contributed by atoms with Crippen LogP contribution in [0.1, 0.15) is 39.6 Å². The molecule has 2 heterocycles. The Bertz CT molecular complexity index is 1410. The molecule has 0 unspecified atom stereocenters. The molecule has 0 saturated heterocycles. The van der Waals surface area contributed by atoms with Crippen LogP contribution in [-0.4, -0.2) is 37.9 Å². The molecule has 0 spiro atoms. The third kappa shape index (κ3) is 4.66. The largest absolute Gasteiger partial charge is 0.463 e. The summed E-state index contributed by atoms with van der Waals surface area (Å²) in [6.45, 7) is 1.27. The average Bonchev–Trinajstić information content (AvgIpc) is 3.53. The molecular formula is C24H19F2N5O3S. The molecule has 0 aliphatic heterocycles. The number of hydrogen-bond acceptors (Lipinski definition) is 8. The normalized spacial score (nSPS) is 13.6. The number of nitrogens with zero attached hydrogens (tertiary/aromatic N) is 5. The highest BCUT2D eigenvalue weighted by molar-refractivity contribution is 7.10. The third-order valence-electron chi connectivity index (χ3n) is 5.69. The number of thiazole rings is 1. The predicted octanol–water partition coefficient (Wildman–Crippen LogP) is 4.03. The highest BCUT2D eigenvalue weighted by atomic mass is 32.1. The van der Waals surface area contributed by atoms with Gasteiger partial charge in [0.05, 0.1) is 36.0 Å². The first kappa shape index (κ1) is 24.1. The standard InChI is InChI=1S/C24H19F2N5O3S/c1-14(22-30-20(11-35-22)16-5-3-15(10-27)4-6-16)24(33,18-8-7-17(25)9-19(18)26)12-31-21(23(32)34-2)28-13-29-31/h3-9,11,13-14,33H,12H2,1-2H3/t14-,24+/m0/s1. The van der Waals surface area contributed by atoms with Crippen molar-refractivity contribution in [2.24, 2.45) is 0 Å². The van der Waals surface area contributed by atoms with Crippen molar-refractivity contribution in [1.29, 1.82) is 5.26 Å². The van der Waals surface area contributed by atoms with Crippen LogP contribution < -0.4 is 0 Å². The van der Waals surface area contributed by atoms with Gasteiger partial charge in [0.1, 0.15) is 23.6 Å². The van der Waals surface area contributed by atoms with E-state index in [1.54, 1.807) is 36.6 Å². The summed E-state index contributed by atoms with van der Waals surface area (Å²) in [4.78, 5) is 20.6. The molecule has 0 radical (unpaired) electrons. The molecule has 0 aliphatic carbocycles. The molecule has 4 aromatic rings. The smallest absolute Gasteiger partial charge is 0.375 e. The maximum Gasteiger partial charge on any atom is 0.375 e. The molecule has 0 bridgehead atoms. The number of nitriles is 1. The molecule has 0 fully saturated rings. The number of benzene rings is 2. The lowest BCUT2D eigenvalue weighted by Gasteiger charge is -2.34. The van der Waals surface area contributed by atoms with Gasteiger partial charge in [-0.25, -0.2) is 28.2 Å². The van der Waals surface area contributed by atoms with Gasteiger partial charge in [-0.3, -0.25) is 0 Å². The first-order chi connectivity index (χ1) is 16.8. The van der Waals surface area contributed by atoms with Gasteiger partial charge in [0.25, 0.3) is 0 Å². The van der Waals surface area contributed by atoms with Crippen LogP contribution >= 0.6 is 11.3 Å². The van der Waals surface area contributed by atoms with Gasteiger partial charge in [0.15, 0.2) is 0 Å². The van der Waals surface area contributed by atoms with E-state index in [1.165, 1.54) is 18.4 Å². The van der Waals surface area contributed by atoms with Crippen LogP contribution in [0.3, 0.4) is 0 Å². The second-order valence-corrected chi connectivity index (χ2v) is 8.65. The highest BCUT2D eigenvalue weighted by Crippen LogP contribution is 2.41. The molecular weight excluding hydrogens is 476 g/mol. The van der Waals surface area contributed by atoms with Gasteiger partial charge in [-0.2, -0.15) is 10.4 Å². The Labute approximate surface area is 203 Å². The summed E-state index contributed by atoms with van der Waals surface area (Å²) in [7, 11) is 1.18. The summed E-state index contributed by atoms with van der Waals surface area (Å²) in [6, 6.07) is 11.8. The fourth-order valence-electron chi connectivity index (χ4n) is 3.69. The Morgan fingerprint density at radius 3 is 2.69 bits per heavy atom. The summed E-state index contributed by atoms with van der Waals surface area (Å²) in [5, 5.41) is 27.1. The van der Waals surface area contributed by atoms with Crippen LogP contribution in [0.15, 0.2) is 54.2 Å². The average molecular weight is 496 g/mol. The Hall–Kier alpha value is -4.01. The Morgan fingerprint density at radius 1 is 1.29 bits per heavy atom. The Balaban J connectivity index is 1.77. The first-order valence-electron chi connectivity index (χ1n) is 10.4. The fraction of sp³-hybridized carbons (Fsp3) is 0.208. The van der Waals surface area contributed by atoms with Crippen molar-refractivity contribution in [1.82, 2.24) is 19.7 Å². The van der Waals surface area contributed by atoms with Gasteiger partial charge in [0.2, 0.25) is 5.82 Å². The maximum absolute atomic E-state index is 14.9. The van der Waals surface area contributed by atoms with E-state index >= 15 is 0 Å². The number of carbonyl (C=O) groups is 1. The van der Waals surface area contributed by atoms with Crippen LogP contribution in [0.2, 0.25) is 0 Å². The number of hydrogen-bond donors (Lipinski definition) is 1. The molecule has 4 rings (SSSR count). The lowest BCUT2D eigenvalue weighted by atomic mass is 9.82. The molecule has 35 heavy (non-hydrogen) atoms. The van der Waals surface area contributed by atoms with Crippen LogP contribution in [0.25, 0.3) is 11.3 Å². The van der Waals surface area contributed by atoms with Gasteiger partial charge in [0, 0.05) is 28.5 Å². The van der Waals surface area contributed by atoms with E-state index in [4.69, 9.17) is 10.00 Å². The number of ether oxygens (including phenoxy) is 1. The first-order valence-corrected chi connectivity index (χ1v) is 11.2. The molecule has 8 nitrogen and oxygen atoms in total. The Morgan fingerprint density at radius 2 is 2.03 bits per heavy atom. The van der Waals surface area contributed by atoms with Crippen molar-refractivity contribution in [3.05, 3.63) is 87.8 Å². The summed E-state index contributed by atoms with van der Waals surface area (Å²) in [5.74, 6) is -3.53. The van der Waals surface area contributed by atoms with Crippen molar-refractivity contribution in [3.8, 4) is 17.3 Å². The topological polar surface area (TPSA) is 114 Å². The lowest BCUT2D eigenvalue weighted by molar-refractivity contribution is -0.0123. The van der Waals surface area contributed by atoms with Crippen LogP contribution in [0.4, 0.5) is 8.78 Å². The molecule has 0 aliphatic rings. The summed E-state index contributed by atoms with van der Waals surface area (Å²) in [5.41, 5.74) is -0.298. The second kappa shape index (κ2) is 9.69. The molecule has 1 N–H and O–H groups in total. The van der Waals surface area contributed by atoms with Crippen molar-refractivity contribution in [2.45, 2.75) is 25.0 Å². The minimum Gasteiger partial charge on any atom is -0.463 e. The molecule has 11 heteroatoms. The lowest BCUT2D eigenvalue weighted by Crippen LogP contribution is -2.39. The number of rotatable bonds is 7. The minimum absolute atomic E-state index is 0.182. The number of methoxy groups -OCH3 is 1. The van der Waals surface area contributed by atoms with E-state index in [9.17, 15) is 18.7 Å². The third-order valence-corrected chi connectivity index (χ3v) is 6.72.